The molecule has 1 fully saturated rings. The third-order valence-electron chi connectivity index (χ3n) is 5.98. The van der Waals surface area contributed by atoms with Crippen LogP contribution in [0.5, 0.6) is 0 Å². The third-order valence-corrected chi connectivity index (χ3v) is 7.88. The van der Waals surface area contributed by atoms with Gasteiger partial charge in [-0.2, -0.15) is 4.31 Å². The monoisotopic (exact) mass is 457 g/mol. The van der Waals surface area contributed by atoms with Crippen molar-refractivity contribution in [1.82, 2.24) is 14.1 Å². The van der Waals surface area contributed by atoms with Crippen LogP contribution < -0.4 is 0 Å². The Kier molecular flexibility index (Phi) is 7.69. The number of rotatable bonds is 7. The lowest BCUT2D eigenvalue weighted by Gasteiger charge is -2.33. The Morgan fingerprint density at radius 1 is 1.00 bits per heavy atom. The molecule has 7 nitrogen and oxygen atoms in total. The van der Waals surface area contributed by atoms with Gasteiger partial charge in [-0.05, 0) is 37.1 Å². The number of hydrogen-bond donors (Lipinski definition) is 0. The van der Waals surface area contributed by atoms with E-state index in [0.717, 1.165) is 12.0 Å². The summed E-state index contributed by atoms with van der Waals surface area (Å²) in [6.45, 7) is 7.18. The molecule has 2 aromatic rings. The average Bonchev–Trinajstić information content (AvgIpc) is 2.82. The highest BCUT2D eigenvalue weighted by atomic mass is 32.2. The molecule has 2 amide bonds. The zero-order valence-corrected chi connectivity index (χ0v) is 19.7. The predicted molar refractivity (Wildman–Crippen MR) is 124 cm³/mol. The van der Waals surface area contributed by atoms with E-state index >= 15 is 0 Å². The zero-order chi connectivity index (χ0) is 23.3. The second-order valence-corrected chi connectivity index (χ2v) is 10.1. The molecule has 1 unspecified atom stereocenters. The summed E-state index contributed by atoms with van der Waals surface area (Å²) < 4.78 is 27.8. The number of piperazine rings is 1. The lowest BCUT2D eigenvalue weighted by Crippen LogP contribution is -2.49. The first-order chi connectivity index (χ1) is 15.2. The van der Waals surface area contributed by atoms with Gasteiger partial charge in [-0.15, -0.1) is 0 Å². The average molecular weight is 458 g/mol. The van der Waals surface area contributed by atoms with E-state index in [1.807, 2.05) is 44.2 Å². The molecular formula is C24H31N3O4S. The van der Waals surface area contributed by atoms with Crippen LogP contribution in [0, 0.1) is 0 Å². The van der Waals surface area contributed by atoms with Crippen molar-refractivity contribution in [3.63, 3.8) is 0 Å². The molecule has 8 heteroatoms. The van der Waals surface area contributed by atoms with E-state index in [1.54, 1.807) is 21.9 Å². The Labute approximate surface area is 190 Å². The van der Waals surface area contributed by atoms with Crippen LogP contribution in [0.3, 0.4) is 0 Å². The smallest absolute Gasteiger partial charge is 0.254 e. The van der Waals surface area contributed by atoms with Crippen LogP contribution in [0.25, 0.3) is 0 Å². The lowest BCUT2D eigenvalue weighted by atomic mass is 10.1. The predicted octanol–water partition coefficient (Wildman–Crippen LogP) is 2.98. The minimum Gasteiger partial charge on any atom is -0.340 e. The van der Waals surface area contributed by atoms with Crippen molar-refractivity contribution in [3.05, 3.63) is 65.7 Å². The Balaban J connectivity index is 1.83. The van der Waals surface area contributed by atoms with Gasteiger partial charge in [0.25, 0.3) is 5.91 Å². The Morgan fingerprint density at radius 2 is 1.66 bits per heavy atom. The molecule has 1 atom stereocenters. The minimum absolute atomic E-state index is 0.00243. The second-order valence-electron chi connectivity index (χ2n) is 8.11. The second kappa shape index (κ2) is 10.3. The van der Waals surface area contributed by atoms with Gasteiger partial charge in [0.2, 0.25) is 15.9 Å². The van der Waals surface area contributed by atoms with Crippen molar-refractivity contribution in [2.24, 2.45) is 0 Å². The maximum atomic E-state index is 13.4. The van der Waals surface area contributed by atoms with E-state index in [2.05, 4.69) is 0 Å². The van der Waals surface area contributed by atoms with Gasteiger partial charge in [0.05, 0.1) is 4.90 Å². The van der Waals surface area contributed by atoms with Crippen molar-refractivity contribution in [3.8, 4) is 0 Å². The largest absolute Gasteiger partial charge is 0.340 e. The molecule has 0 saturated carbocycles. The number of carbonyl (C=O) groups excluding carboxylic acids is 2. The number of sulfonamides is 1. The van der Waals surface area contributed by atoms with Crippen LogP contribution in [0.4, 0.5) is 0 Å². The summed E-state index contributed by atoms with van der Waals surface area (Å²) >= 11 is 0. The number of amides is 2. The molecule has 32 heavy (non-hydrogen) atoms. The van der Waals surface area contributed by atoms with Gasteiger partial charge in [0.15, 0.2) is 0 Å². The maximum absolute atomic E-state index is 13.4. The van der Waals surface area contributed by atoms with E-state index in [4.69, 9.17) is 0 Å². The molecular weight excluding hydrogens is 426 g/mol. The Bertz CT molecular complexity index is 1050. The molecule has 1 saturated heterocycles. The fourth-order valence-corrected chi connectivity index (χ4v) is 5.24. The van der Waals surface area contributed by atoms with Crippen molar-refractivity contribution in [2.45, 2.75) is 44.7 Å². The van der Waals surface area contributed by atoms with Crippen molar-refractivity contribution in [2.75, 3.05) is 26.2 Å². The Morgan fingerprint density at radius 3 is 2.25 bits per heavy atom. The number of carbonyl (C=O) groups is 2. The highest BCUT2D eigenvalue weighted by Crippen LogP contribution is 2.21. The minimum atomic E-state index is -3.75. The first kappa shape index (κ1) is 23.9. The van der Waals surface area contributed by atoms with Crippen LogP contribution >= 0.6 is 0 Å². The summed E-state index contributed by atoms with van der Waals surface area (Å²) in [5.74, 6) is -0.250. The summed E-state index contributed by atoms with van der Waals surface area (Å²) in [6.07, 6.45) is 0.789. The summed E-state index contributed by atoms with van der Waals surface area (Å²) in [5.41, 5.74) is 1.37. The van der Waals surface area contributed by atoms with Gasteiger partial charge in [-0.3, -0.25) is 9.59 Å². The van der Waals surface area contributed by atoms with Crippen molar-refractivity contribution in [1.29, 1.82) is 0 Å². The molecule has 172 valence electrons. The van der Waals surface area contributed by atoms with Crippen LogP contribution in [-0.4, -0.2) is 66.6 Å². The fourth-order valence-electron chi connectivity index (χ4n) is 3.78. The normalized spacial score (nSPS) is 15.9. The highest BCUT2D eigenvalue weighted by Gasteiger charge is 2.30. The standard InChI is InChI=1S/C24H31N3O4S/c1-4-19(2)27(18-21-9-6-5-7-10-21)24(29)22-11-8-12-23(17-22)32(30,31)26-15-13-25(14-16-26)20(3)28/h5-12,17,19H,4,13-16,18H2,1-3H3. The number of hydrogen-bond acceptors (Lipinski definition) is 4. The summed E-state index contributed by atoms with van der Waals surface area (Å²) in [5, 5.41) is 0. The van der Waals surface area contributed by atoms with E-state index in [0.29, 0.717) is 25.2 Å². The quantitative estimate of drug-likeness (QED) is 0.640. The Hall–Kier alpha value is -2.71. The van der Waals surface area contributed by atoms with E-state index in [-0.39, 0.29) is 35.8 Å². The molecule has 0 radical (unpaired) electrons. The first-order valence-corrected chi connectivity index (χ1v) is 12.4. The molecule has 0 bridgehead atoms. The van der Waals surface area contributed by atoms with E-state index < -0.39 is 10.0 Å². The van der Waals surface area contributed by atoms with Gasteiger partial charge in [0.1, 0.15) is 0 Å². The van der Waals surface area contributed by atoms with Gasteiger partial charge >= 0.3 is 0 Å². The zero-order valence-electron chi connectivity index (χ0n) is 18.9. The van der Waals surface area contributed by atoms with Gasteiger partial charge < -0.3 is 9.80 Å². The molecule has 1 heterocycles. The highest BCUT2D eigenvalue weighted by molar-refractivity contribution is 7.89. The van der Waals surface area contributed by atoms with Gasteiger partial charge in [0, 0.05) is 51.3 Å². The lowest BCUT2D eigenvalue weighted by molar-refractivity contribution is -0.129. The van der Waals surface area contributed by atoms with Crippen molar-refractivity contribution >= 4 is 21.8 Å². The summed E-state index contributed by atoms with van der Waals surface area (Å²) in [6, 6.07) is 16.0. The summed E-state index contributed by atoms with van der Waals surface area (Å²) in [4.78, 5) is 28.5. The first-order valence-electron chi connectivity index (χ1n) is 10.9. The molecule has 1 aliphatic rings. The molecule has 3 rings (SSSR count). The molecule has 0 spiro atoms. The summed E-state index contributed by atoms with van der Waals surface area (Å²) in [7, 11) is -3.75. The molecule has 0 aliphatic carbocycles. The topological polar surface area (TPSA) is 78.0 Å². The van der Waals surface area contributed by atoms with Crippen LogP contribution in [0.2, 0.25) is 0 Å². The molecule has 0 N–H and O–H groups in total. The van der Waals surface area contributed by atoms with Crippen LogP contribution in [0.15, 0.2) is 59.5 Å². The number of nitrogens with zero attached hydrogens (tertiary/aromatic N) is 3. The maximum Gasteiger partial charge on any atom is 0.254 e. The molecule has 2 aromatic carbocycles. The number of benzene rings is 2. The van der Waals surface area contributed by atoms with E-state index in [1.165, 1.54) is 23.4 Å². The van der Waals surface area contributed by atoms with Crippen molar-refractivity contribution < 1.29 is 18.0 Å². The van der Waals surface area contributed by atoms with E-state index in [9.17, 15) is 18.0 Å². The van der Waals surface area contributed by atoms with Crippen LogP contribution in [-0.2, 0) is 21.4 Å². The molecule has 1 aliphatic heterocycles. The SMILES string of the molecule is CCC(C)N(Cc1ccccc1)C(=O)c1cccc(S(=O)(=O)N2CCN(C(C)=O)CC2)c1. The molecule has 0 aromatic heterocycles. The van der Waals surface area contributed by atoms with Gasteiger partial charge in [-0.1, -0.05) is 43.3 Å². The van der Waals surface area contributed by atoms with Crippen LogP contribution in [0.1, 0.15) is 43.1 Å². The third kappa shape index (κ3) is 5.37. The fraction of sp³-hybridized carbons (Fsp3) is 0.417. The van der Waals surface area contributed by atoms with Gasteiger partial charge in [-0.25, -0.2) is 8.42 Å².